The summed E-state index contributed by atoms with van der Waals surface area (Å²) >= 11 is 0. The first-order chi connectivity index (χ1) is 11.2. The normalized spacial score (nSPS) is 19.0. The predicted molar refractivity (Wildman–Crippen MR) is 93.4 cm³/mol. The molecule has 5 nitrogen and oxygen atoms in total. The van der Waals surface area contributed by atoms with Crippen molar-refractivity contribution in [3.8, 4) is 0 Å². The van der Waals surface area contributed by atoms with Gasteiger partial charge in [0.25, 0.3) is 0 Å². The van der Waals surface area contributed by atoms with Crippen molar-refractivity contribution in [2.24, 2.45) is 0 Å². The summed E-state index contributed by atoms with van der Waals surface area (Å²) in [4.78, 5) is 0. The van der Waals surface area contributed by atoms with E-state index in [0.717, 1.165) is 51.2 Å². The molecular weight excluding hydrogens is 312 g/mol. The monoisotopic (exact) mass is 348 g/mol. The minimum atomic E-state index is -2.66. The van der Waals surface area contributed by atoms with Crippen LogP contribution in [0.4, 0.5) is 0 Å². The molecule has 1 aliphatic rings. The molecule has 1 fully saturated rings. The van der Waals surface area contributed by atoms with Crippen molar-refractivity contribution in [1.29, 1.82) is 0 Å². The van der Waals surface area contributed by atoms with E-state index < -0.39 is 8.80 Å². The molecule has 0 amide bonds. The first-order valence-corrected chi connectivity index (χ1v) is 11.3. The smallest absolute Gasteiger partial charge is 0.373 e. The highest BCUT2D eigenvalue weighted by molar-refractivity contribution is 6.60. The molecule has 0 spiro atoms. The molecule has 1 aliphatic heterocycles. The van der Waals surface area contributed by atoms with Crippen molar-refractivity contribution in [2.45, 2.75) is 84.7 Å². The maximum atomic E-state index is 6.32. The minimum absolute atomic E-state index is 0.248. The van der Waals surface area contributed by atoms with E-state index in [-0.39, 0.29) is 12.4 Å². The zero-order valence-corrected chi connectivity index (χ0v) is 16.5. The van der Waals surface area contributed by atoms with Gasteiger partial charge in [-0.25, -0.2) is 0 Å². The van der Waals surface area contributed by atoms with Crippen molar-refractivity contribution in [3.63, 3.8) is 0 Å². The summed E-state index contributed by atoms with van der Waals surface area (Å²) in [6.07, 6.45) is 6.14. The zero-order chi connectivity index (χ0) is 17.0. The molecule has 0 aromatic rings. The standard InChI is InChI=1S/C17H36O5Si/c1-5-9-12-20-23(8-4,21-13-10-6-2)22-17(11-7-3)19-15-16-14-18-16/h16-17H,5-15H2,1-4H3. The average molecular weight is 349 g/mol. The molecule has 0 saturated carbocycles. The molecule has 0 N–H and O–H groups in total. The number of unbranched alkanes of at least 4 members (excludes halogenated alkanes) is 2. The molecule has 138 valence electrons. The Balaban J connectivity index is 2.58. The van der Waals surface area contributed by atoms with Crippen LogP contribution >= 0.6 is 0 Å². The predicted octanol–water partition coefficient (Wildman–Crippen LogP) is 4.14. The number of ether oxygens (including phenoxy) is 2. The van der Waals surface area contributed by atoms with Gasteiger partial charge in [-0.15, -0.1) is 0 Å². The second-order valence-corrected chi connectivity index (χ2v) is 8.95. The van der Waals surface area contributed by atoms with Gasteiger partial charge in [0.2, 0.25) is 0 Å². The fraction of sp³-hybridized carbons (Fsp3) is 1.00. The van der Waals surface area contributed by atoms with Crippen molar-refractivity contribution in [3.05, 3.63) is 0 Å². The molecule has 0 aromatic heterocycles. The lowest BCUT2D eigenvalue weighted by Gasteiger charge is -2.32. The Morgan fingerprint density at radius 1 is 1.00 bits per heavy atom. The third kappa shape index (κ3) is 9.17. The number of epoxide rings is 1. The lowest BCUT2D eigenvalue weighted by atomic mass is 10.3. The summed E-state index contributed by atoms with van der Waals surface area (Å²) in [5.74, 6) is 0. The third-order valence-electron chi connectivity index (χ3n) is 3.78. The molecule has 1 rings (SSSR count). The molecule has 23 heavy (non-hydrogen) atoms. The van der Waals surface area contributed by atoms with Gasteiger partial charge in [0.1, 0.15) is 6.10 Å². The van der Waals surface area contributed by atoms with Gasteiger partial charge in [-0.2, -0.15) is 0 Å². The van der Waals surface area contributed by atoms with E-state index >= 15 is 0 Å². The van der Waals surface area contributed by atoms with E-state index in [0.29, 0.717) is 19.8 Å². The van der Waals surface area contributed by atoms with E-state index in [1.165, 1.54) is 0 Å². The summed E-state index contributed by atoms with van der Waals surface area (Å²) in [6, 6.07) is 0.782. The highest BCUT2D eigenvalue weighted by atomic mass is 28.4. The van der Waals surface area contributed by atoms with Crippen LogP contribution in [0.5, 0.6) is 0 Å². The maximum Gasteiger partial charge on any atom is 0.502 e. The van der Waals surface area contributed by atoms with Gasteiger partial charge in [-0.05, 0) is 19.3 Å². The third-order valence-corrected chi connectivity index (χ3v) is 6.55. The molecule has 2 atom stereocenters. The summed E-state index contributed by atoms with van der Waals surface area (Å²) in [6.45, 7) is 11.4. The molecule has 1 saturated heterocycles. The SMILES string of the molecule is CCCCO[Si](CC)(OCCCC)OC(CCC)OCC1CO1. The van der Waals surface area contributed by atoms with E-state index in [1.807, 2.05) is 0 Å². The summed E-state index contributed by atoms with van der Waals surface area (Å²) in [5.41, 5.74) is 0. The molecule has 6 heteroatoms. The van der Waals surface area contributed by atoms with Gasteiger partial charge >= 0.3 is 8.80 Å². The van der Waals surface area contributed by atoms with Gasteiger partial charge in [0.15, 0.2) is 6.29 Å². The lowest BCUT2D eigenvalue weighted by molar-refractivity contribution is -0.126. The molecule has 0 aliphatic carbocycles. The quantitative estimate of drug-likeness (QED) is 0.182. The van der Waals surface area contributed by atoms with Crippen LogP contribution in [0.2, 0.25) is 6.04 Å². The van der Waals surface area contributed by atoms with Gasteiger partial charge in [-0.3, -0.25) is 0 Å². The van der Waals surface area contributed by atoms with Crippen LogP contribution in [0, 0.1) is 0 Å². The van der Waals surface area contributed by atoms with E-state index in [9.17, 15) is 0 Å². The van der Waals surface area contributed by atoms with Crippen LogP contribution in [0.15, 0.2) is 0 Å². The fourth-order valence-corrected chi connectivity index (χ4v) is 4.42. The van der Waals surface area contributed by atoms with Crippen molar-refractivity contribution < 1.29 is 22.8 Å². The van der Waals surface area contributed by atoms with E-state index in [2.05, 4.69) is 27.7 Å². The Kier molecular flexibility index (Phi) is 11.3. The van der Waals surface area contributed by atoms with Crippen LogP contribution in [-0.2, 0) is 22.8 Å². The topological polar surface area (TPSA) is 49.5 Å². The Morgan fingerprint density at radius 3 is 2.04 bits per heavy atom. The van der Waals surface area contributed by atoms with Crippen LogP contribution < -0.4 is 0 Å². The maximum absolute atomic E-state index is 6.32. The zero-order valence-electron chi connectivity index (χ0n) is 15.5. The first-order valence-electron chi connectivity index (χ1n) is 9.38. The van der Waals surface area contributed by atoms with Crippen LogP contribution in [-0.4, -0.2) is 47.6 Å². The van der Waals surface area contributed by atoms with Crippen molar-refractivity contribution in [2.75, 3.05) is 26.4 Å². The molecule has 0 radical (unpaired) electrons. The molecule has 0 bridgehead atoms. The molecule has 0 aromatic carbocycles. The average Bonchev–Trinajstić information content (AvgIpc) is 3.37. The Bertz CT molecular complexity index is 276. The van der Waals surface area contributed by atoms with Gasteiger partial charge in [0.05, 0.1) is 13.2 Å². The molecule has 1 heterocycles. The van der Waals surface area contributed by atoms with Gasteiger partial charge in [-0.1, -0.05) is 47.0 Å². The van der Waals surface area contributed by atoms with Crippen LogP contribution in [0.25, 0.3) is 0 Å². The van der Waals surface area contributed by atoms with Crippen molar-refractivity contribution >= 4 is 8.80 Å². The number of hydrogen-bond donors (Lipinski definition) is 0. The number of hydrogen-bond acceptors (Lipinski definition) is 5. The van der Waals surface area contributed by atoms with Gasteiger partial charge in [0, 0.05) is 19.3 Å². The van der Waals surface area contributed by atoms with Crippen molar-refractivity contribution in [1.82, 2.24) is 0 Å². The van der Waals surface area contributed by atoms with E-state index in [4.69, 9.17) is 22.8 Å². The number of rotatable bonds is 16. The Morgan fingerprint density at radius 2 is 1.61 bits per heavy atom. The second-order valence-electron chi connectivity index (χ2n) is 6.07. The minimum Gasteiger partial charge on any atom is -0.373 e. The first kappa shape index (κ1) is 21.1. The van der Waals surface area contributed by atoms with Crippen LogP contribution in [0.1, 0.15) is 66.2 Å². The highest BCUT2D eigenvalue weighted by Crippen LogP contribution is 2.22. The summed E-state index contributed by atoms with van der Waals surface area (Å²) in [7, 11) is -2.66. The summed E-state index contributed by atoms with van der Waals surface area (Å²) in [5, 5.41) is 0. The highest BCUT2D eigenvalue weighted by Gasteiger charge is 2.42. The fourth-order valence-electron chi connectivity index (χ4n) is 2.13. The van der Waals surface area contributed by atoms with E-state index in [1.54, 1.807) is 0 Å². The largest absolute Gasteiger partial charge is 0.502 e. The second kappa shape index (κ2) is 12.4. The molecule has 2 unspecified atom stereocenters. The lowest BCUT2D eigenvalue weighted by Crippen LogP contribution is -2.49. The molecular formula is C17H36O5Si. The van der Waals surface area contributed by atoms with Gasteiger partial charge < -0.3 is 22.8 Å². The summed E-state index contributed by atoms with van der Waals surface area (Å²) < 4.78 is 29.7. The Hall–Kier alpha value is 0.0169. The van der Waals surface area contributed by atoms with Crippen LogP contribution in [0.3, 0.4) is 0 Å². The Labute approximate surface area is 143 Å².